The van der Waals surface area contributed by atoms with Crippen LogP contribution in [0.1, 0.15) is 0 Å². The maximum Gasteiger partial charge on any atom is 0.123 e. The van der Waals surface area contributed by atoms with Crippen LogP contribution in [0.25, 0.3) is 0 Å². The molecule has 0 aromatic heterocycles. The summed E-state index contributed by atoms with van der Waals surface area (Å²) in [5.41, 5.74) is 2.15. The molecule has 1 fully saturated rings. The van der Waals surface area contributed by atoms with Crippen molar-refractivity contribution in [3.05, 3.63) is 42.2 Å². The number of nitrogens with zero attached hydrogens (tertiary/aromatic N) is 2. The molecule has 4 heteroatoms. The van der Waals surface area contributed by atoms with E-state index in [1.54, 1.807) is 0 Å². The zero-order valence-electron chi connectivity index (χ0n) is 10.4. The number of anilines is 1. The van der Waals surface area contributed by atoms with Crippen LogP contribution in [0, 0.1) is 5.82 Å². The molecule has 1 aliphatic rings. The van der Waals surface area contributed by atoms with Gasteiger partial charge in [0.2, 0.25) is 0 Å². The Kier molecular flexibility index (Phi) is 4.61. The fourth-order valence-electron chi connectivity index (χ4n) is 2.17. The van der Waals surface area contributed by atoms with Gasteiger partial charge in [0.15, 0.2) is 0 Å². The van der Waals surface area contributed by atoms with Gasteiger partial charge in [0.1, 0.15) is 5.82 Å². The first-order valence-electron chi connectivity index (χ1n) is 6.14. The largest absolute Gasteiger partial charge is 0.369 e. The van der Waals surface area contributed by atoms with Crippen LogP contribution in [0.15, 0.2) is 36.4 Å². The molecule has 0 saturated carbocycles. The first-order chi connectivity index (χ1) is 8.69. The van der Waals surface area contributed by atoms with E-state index in [9.17, 15) is 4.39 Å². The second-order valence-electron chi connectivity index (χ2n) is 4.62. The molecule has 1 aromatic carbocycles. The average Bonchev–Trinajstić information content (AvgIpc) is 2.40. The Balaban J connectivity index is 1.86. The summed E-state index contributed by atoms with van der Waals surface area (Å²) >= 11 is 5.74. The second-order valence-corrected chi connectivity index (χ2v) is 4.89. The molecule has 0 atom stereocenters. The third kappa shape index (κ3) is 3.47. The van der Waals surface area contributed by atoms with Gasteiger partial charge in [0, 0.05) is 44.3 Å². The van der Waals surface area contributed by atoms with Crippen molar-refractivity contribution in [1.29, 1.82) is 0 Å². The molecule has 0 aliphatic carbocycles. The molecule has 0 bridgehead atoms. The van der Waals surface area contributed by atoms with Crippen LogP contribution in [0.4, 0.5) is 10.1 Å². The maximum absolute atomic E-state index is 12.8. The molecule has 2 nitrogen and oxygen atoms in total. The van der Waals surface area contributed by atoms with Crippen LogP contribution in [-0.4, -0.2) is 43.5 Å². The Labute approximate surface area is 113 Å². The topological polar surface area (TPSA) is 6.48 Å². The summed E-state index contributed by atoms with van der Waals surface area (Å²) in [6.07, 6.45) is 0. The molecule has 18 heavy (non-hydrogen) atoms. The zero-order valence-corrected chi connectivity index (χ0v) is 11.2. The quantitative estimate of drug-likeness (QED) is 0.612. The molecule has 1 aromatic rings. The van der Waals surface area contributed by atoms with Crippen molar-refractivity contribution in [2.45, 2.75) is 0 Å². The maximum atomic E-state index is 12.8. The van der Waals surface area contributed by atoms with E-state index in [-0.39, 0.29) is 5.82 Å². The minimum absolute atomic E-state index is 0.184. The van der Waals surface area contributed by atoms with Crippen LogP contribution in [0.3, 0.4) is 0 Å². The lowest BCUT2D eigenvalue weighted by molar-refractivity contribution is 0.279. The molecular formula is C14H18ClFN2. The van der Waals surface area contributed by atoms with Crippen molar-refractivity contribution in [3.8, 4) is 0 Å². The van der Waals surface area contributed by atoms with Crippen molar-refractivity contribution in [1.82, 2.24) is 4.90 Å². The highest BCUT2D eigenvalue weighted by molar-refractivity contribution is 6.19. The summed E-state index contributed by atoms with van der Waals surface area (Å²) in [6.45, 7) is 8.71. The lowest BCUT2D eigenvalue weighted by Gasteiger charge is -2.36. The molecule has 0 N–H and O–H groups in total. The lowest BCUT2D eigenvalue weighted by Crippen LogP contribution is -2.47. The van der Waals surface area contributed by atoms with E-state index in [1.165, 1.54) is 12.1 Å². The van der Waals surface area contributed by atoms with E-state index in [0.29, 0.717) is 5.88 Å². The van der Waals surface area contributed by atoms with Gasteiger partial charge in [-0.25, -0.2) is 4.39 Å². The minimum Gasteiger partial charge on any atom is -0.369 e. The Bertz CT molecular complexity index is 397. The van der Waals surface area contributed by atoms with E-state index >= 15 is 0 Å². The fourth-order valence-corrected chi connectivity index (χ4v) is 2.26. The van der Waals surface area contributed by atoms with Crippen LogP contribution in [0.5, 0.6) is 0 Å². The highest BCUT2D eigenvalue weighted by atomic mass is 35.5. The van der Waals surface area contributed by atoms with Gasteiger partial charge < -0.3 is 4.90 Å². The Morgan fingerprint density at radius 2 is 1.78 bits per heavy atom. The number of halogens is 2. The Hall–Kier alpha value is -1.06. The summed E-state index contributed by atoms with van der Waals surface area (Å²) in [5.74, 6) is 0.342. The highest BCUT2D eigenvalue weighted by Gasteiger charge is 2.17. The van der Waals surface area contributed by atoms with Crippen LogP contribution >= 0.6 is 11.6 Å². The van der Waals surface area contributed by atoms with E-state index in [0.717, 1.165) is 44.0 Å². The summed E-state index contributed by atoms with van der Waals surface area (Å²) in [5, 5.41) is 0. The van der Waals surface area contributed by atoms with Gasteiger partial charge in [-0.1, -0.05) is 6.58 Å². The number of hydrogen-bond acceptors (Lipinski definition) is 2. The molecule has 0 radical (unpaired) electrons. The fraction of sp³-hybridized carbons (Fsp3) is 0.429. The molecule has 1 saturated heterocycles. The number of benzene rings is 1. The summed E-state index contributed by atoms with van der Waals surface area (Å²) in [4.78, 5) is 4.63. The first kappa shape index (κ1) is 13.4. The molecule has 1 aliphatic heterocycles. The monoisotopic (exact) mass is 268 g/mol. The predicted octanol–water partition coefficient (Wildman–Crippen LogP) is 2.74. The SMILES string of the molecule is C=C(CCl)CN1CCN(c2ccc(F)cc2)CC1. The highest BCUT2D eigenvalue weighted by Crippen LogP contribution is 2.17. The van der Waals surface area contributed by atoms with Crippen LogP contribution < -0.4 is 4.90 Å². The van der Waals surface area contributed by atoms with E-state index in [4.69, 9.17) is 11.6 Å². The normalized spacial score (nSPS) is 16.9. The number of alkyl halides is 1. The van der Waals surface area contributed by atoms with E-state index < -0.39 is 0 Å². The minimum atomic E-state index is -0.184. The molecule has 0 spiro atoms. The smallest absolute Gasteiger partial charge is 0.123 e. The predicted molar refractivity (Wildman–Crippen MR) is 74.9 cm³/mol. The lowest BCUT2D eigenvalue weighted by atomic mass is 10.2. The van der Waals surface area contributed by atoms with Crippen molar-refractivity contribution < 1.29 is 4.39 Å². The zero-order chi connectivity index (χ0) is 13.0. The second kappa shape index (κ2) is 6.21. The average molecular weight is 269 g/mol. The number of hydrogen-bond donors (Lipinski definition) is 0. The Morgan fingerprint density at radius 1 is 1.17 bits per heavy atom. The standard InChI is InChI=1S/C14H18ClFN2/c1-12(10-15)11-17-6-8-18(9-7-17)14-4-2-13(16)3-5-14/h2-5H,1,6-11H2. The van der Waals surface area contributed by atoms with Crippen molar-refractivity contribution >= 4 is 17.3 Å². The summed E-state index contributed by atoms with van der Waals surface area (Å²) in [6, 6.07) is 6.69. The first-order valence-corrected chi connectivity index (χ1v) is 6.68. The van der Waals surface area contributed by atoms with Gasteiger partial charge in [-0.3, -0.25) is 4.90 Å². The van der Waals surface area contributed by atoms with Gasteiger partial charge in [0.05, 0.1) is 0 Å². The summed E-state index contributed by atoms with van der Waals surface area (Å²) < 4.78 is 12.8. The number of piperazine rings is 1. The van der Waals surface area contributed by atoms with Gasteiger partial charge in [0.25, 0.3) is 0 Å². The van der Waals surface area contributed by atoms with Crippen molar-refractivity contribution in [3.63, 3.8) is 0 Å². The molecule has 0 unspecified atom stereocenters. The van der Waals surface area contributed by atoms with Crippen molar-refractivity contribution in [2.75, 3.05) is 43.5 Å². The molecule has 0 amide bonds. The van der Waals surface area contributed by atoms with Crippen molar-refractivity contribution in [2.24, 2.45) is 0 Å². The van der Waals surface area contributed by atoms with Gasteiger partial charge in [-0.2, -0.15) is 0 Å². The molecule has 2 rings (SSSR count). The van der Waals surface area contributed by atoms with Gasteiger partial charge in [-0.05, 0) is 29.8 Å². The van der Waals surface area contributed by atoms with Crippen LogP contribution in [0.2, 0.25) is 0 Å². The molecule has 1 heterocycles. The van der Waals surface area contributed by atoms with Crippen LogP contribution in [-0.2, 0) is 0 Å². The molecule has 98 valence electrons. The van der Waals surface area contributed by atoms with E-state index in [2.05, 4.69) is 16.4 Å². The van der Waals surface area contributed by atoms with Gasteiger partial charge >= 0.3 is 0 Å². The number of rotatable bonds is 4. The van der Waals surface area contributed by atoms with E-state index in [1.807, 2.05) is 12.1 Å². The van der Waals surface area contributed by atoms with Gasteiger partial charge in [-0.15, -0.1) is 11.6 Å². The Morgan fingerprint density at radius 3 is 2.33 bits per heavy atom. The third-order valence-corrected chi connectivity index (χ3v) is 3.58. The summed E-state index contributed by atoms with van der Waals surface area (Å²) in [7, 11) is 0. The third-order valence-electron chi connectivity index (χ3n) is 3.20. The molecular weight excluding hydrogens is 251 g/mol.